The highest BCUT2D eigenvalue weighted by molar-refractivity contribution is 5.90. The van der Waals surface area contributed by atoms with Gasteiger partial charge in [-0.3, -0.25) is 14.3 Å². The maximum Gasteiger partial charge on any atom is 0.245 e. The van der Waals surface area contributed by atoms with Gasteiger partial charge in [0.05, 0.1) is 6.54 Å². The highest BCUT2D eigenvalue weighted by atomic mass is 16.2. The van der Waals surface area contributed by atoms with E-state index in [1.54, 1.807) is 16.6 Å². The fraction of sp³-hybridized carbons (Fsp3) is 0.667. The highest BCUT2D eigenvalue weighted by Gasteiger charge is 2.32. The number of carbonyl (C=O) groups is 2. The molecule has 1 aliphatic rings. The summed E-state index contributed by atoms with van der Waals surface area (Å²) >= 11 is 0. The molecule has 2 amide bonds. The van der Waals surface area contributed by atoms with Crippen LogP contribution >= 0.6 is 0 Å². The second kappa shape index (κ2) is 5.38. The average Bonchev–Trinajstić information content (AvgIpc) is 2.69. The summed E-state index contributed by atoms with van der Waals surface area (Å²) in [5, 5.41) is 6.76. The Balaban J connectivity index is 2.17. The van der Waals surface area contributed by atoms with Crippen molar-refractivity contribution in [2.24, 2.45) is 13.0 Å². The molecule has 1 N–H and O–H groups in total. The molecule has 0 aliphatic carbocycles. The van der Waals surface area contributed by atoms with E-state index in [1.165, 1.54) is 6.33 Å². The van der Waals surface area contributed by atoms with Crippen LogP contribution in [0.15, 0.2) is 6.33 Å². The van der Waals surface area contributed by atoms with Crippen LogP contribution in [0.2, 0.25) is 0 Å². The average molecular weight is 265 g/mol. The minimum atomic E-state index is -0.455. The molecule has 1 aromatic heterocycles. The third-order valence-corrected chi connectivity index (χ3v) is 3.31. The van der Waals surface area contributed by atoms with Crippen molar-refractivity contribution in [1.82, 2.24) is 25.0 Å². The summed E-state index contributed by atoms with van der Waals surface area (Å²) < 4.78 is 1.64. The van der Waals surface area contributed by atoms with Gasteiger partial charge in [0.25, 0.3) is 0 Å². The van der Waals surface area contributed by atoms with Crippen LogP contribution in [0.25, 0.3) is 0 Å². The van der Waals surface area contributed by atoms with E-state index in [4.69, 9.17) is 0 Å². The Morgan fingerprint density at radius 2 is 2.21 bits per heavy atom. The van der Waals surface area contributed by atoms with Crippen LogP contribution in [0, 0.1) is 5.92 Å². The molecule has 2 rings (SSSR count). The second-order valence-corrected chi connectivity index (χ2v) is 5.10. The van der Waals surface area contributed by atoms with Crippen molar-refractivity contribution >= 4 is 11.8 Å². The monoisotopic (exact) mass is 265 g/mol. The van der Waals surface area contributed by atoms with Crippen molar-refractivity contribution < 1.29 is 9.59 Å². The highest BCUT2D eigenvalue weighted by Crippen LogP contribution is 2.13. The molecule has 1 saturated heterocycles. The van der Waals surface area contributed by atoms with E-state index < -0.39 is 6.04 Å². The van der Waals surface area contributed by atoms with Crippen LogP contribution in [-0.4, -0.2) is 44.1 Å². The van der Waals surface area contributed by atoms with Crippen molar-refractivity contribution in [1.29, 1.82) is 0 Å². The molecule has 1 aliphatic heterocycles. The Morgan fingerprint density at radius 1 is 1.47 bits per heavy atom. The zero-order valence-corrected chi connectivity index (χ0v) is 11.5. The lowest BCUT2D eigenvalue weighted by Gasteiger charge is -2.25. The molecular weight excluding hydrogens is 246 g/mol. The molecule has 0 saturated carbocycles. The molecule has 1 unspecified atom stereocenters. The number of aryl methyl sites for hydroxylation is 1. The van der Waals surface area contributed by atoms with E-state index in [0.29, 0.717) is 25.3 Å². The predicted octanol–water partition coefficient (Wildman–Crippen LogP) is -0.312. The minimum absolute atomic E-state index is 0.0520. The van der Waals surface area contributed by atoms with Crippen LogP contribution in [0.3, 0.4) is 0 Å². The normalized spacial score (nSPS) is 20.6. The molecule has 0 spiro atoms. The summed E-state index contributed by atoms with van der Waals surface area (Å²) in [5.74, 6) is 0.651. The molecule has 2 heterocycles. The first-order valence-corrected chi connectivity index (χ1v) is 6.40. The molecule has 1 atom stereocenters. The molecular formula is C12H19N5O2. The Morgan fingerprint density at radius 3 is 2.79 bits per heavy atom. The molecule has 19 heavy (non-hydrogen) atoms. The minimum Gasteiger partial charge on any atom is -0.344 e. The summed E-state index contributed by atoms with van der Waals surface area (Å²) in [5.41, 5.74) is 0. The van der Waals surface area contributed by atoms with Gasteiger partial charge in [-0.25, -0.2) is 4.98 Å². The number of amides is 2. The topological polar surface area (TPSA) is 80.1 Å². The SMILES string of the molecule is CC(C)C1NC(=O)CCN(Cc2ncnn2C)C1=O. The molecule has 0 aromatic carbocycles. The van der Waals surface area contributed by atoms with Crippen LogP contribution in [-0.2, 0) is 23.2 Å². The number of nitrogens with one attached hydrogen (secondary N) is 1. The molecule has 104 valence electrons. The van der Waals surface area contributed by atoms with Crippen molar-refractivity contribution in [3.05, 3.63) is 12.2 Å². The van der Waals surface area contributed by atoms with E-state index in [9.17, 15) is 9.59 Å². The van der Waals surface area contributed by atoms with Gasteiger partial charge in [0.15, 0.2) is 0 Å². The predicted molar refractivity (Wildman–Crippen MR) is 67.8 cm³/mol. The van der Waals surface area contributed by atoms with Gasteiger partial charge in [0.2, 0.25) is 11.8 Å². The van der Waals surface area contributed by atoms with Gasteiger partial charge in [0, 0.05) is 20.0 Å². The van der Waals surface area contributed by atoms with Gasteiger partial charge >= 0.3 is 0 Å². The fourth-order valence-corrected chi connectivity index (χ4v) is 2.09. The quantitative estimate of drug-likeness (QED) is 0.813. The smallest absolute Gasteiger partial charge is 0.245 e. The molecule has 1 aromatic rings. The van der Waals surface area contributed by atoms with Crippen LogP contribution in [0.4, 0.5) is 0 Å². The van der Waals surface area contributed by atoms with E-state index in [1.807, 2.05) is 13.8 Å². The lowest BCUT2D eigenvalue weighted by molar-refractivity contribution is -0.135. The summed E-state index contributed by atoms with van der Waals surface area (Å²) in [7, 11) is 1.79. The van der Waals surface area contributed by atoms with Crippen molar-refractivity contribution in [2.45, 2.75) is 32.9 Å². The van der Waals surface area contributed by atoms with Gasteiger partial charge in [-0.2, -0.15) is 5.10 Å². The lowest BCUT2D eigenvalue weighted by atomic mass is 10.0. The van der Waals surface area contributed by atoms with Crippen LogP contribution in [0.5, 0.6) is 0 Å². The second-order valence-electron chi connectivity index (χ2n) is 5.10. The van der Waals surface area contributed by atoms with Crippen molar-refractivity contribution in [3.63, 3.8) is 0 Å². The van der Waals surface area contributed by atoms with E-state index >= 15 is 0 Å². The number of hydrogen-bond acceptors (Lipinski definition) is 4. The fourth-order valence-electron chi connectivity index (χ4n) is 2.09. The Labute approximate surface area is 112 Å². The van der Waals surface area contributed by atoms with Crippen molar-refractivity contribution in [2.75, 3.05) is 6.54 Å². The lowest BCUT2D eigenvalue weighted by Crippen LogP contribution is -2.47. The summed E-state index contributed by atoms with van der Waals surface area (Å²) in [6.45, 7) is 4.65. The van der Waals surface area contributed by atoms with Gasteiger partial charge in [-0.1, -0.05) is 13.8 Å². The number of carbonyl (C=O) groups excluding carboxylic acids is 2. The Kier molecular flexibility index (Phi) is 3.82. The zero-order chi connectivity index (χ0) is 14.0. The zero-order valence-electron chi connectivity index (χ0n) is 11.5. The van der Waals surface area contributed by atoms with Crippen molar-refractivity contribution in [3.8, 4) is 0 Å². The molecule has 0 bridgehead atoms. The number of aromatic nitrogens is 3. The molecule has 7 nitrogen and oxygen atoms in total. The number of rotatable bonds is 3. The first-order chi connectivity index (χ1) is 8.99. The van der Waals surface area contributed by atoms with Gasteiger partial charge in [-0.05, 0) is 5.92 Å². The first-order valence-electron chi connectivity index (χ1n) is 6.40. The summed E-state index contributed by atoms with van der Waals surface area (Å²) in [6, 6.07) is -0.455. The molecule has 0 radical (unpaired) electrons. The third-order valence-electron chi connectivity index (χ3n) is 3.31. The standard InChI is InChI=1S/C12H19N5O2/c1-8(2)11-12(19)17(5-4-10(18)15-11)6-9-13-7-14-16(9)3/h7-8,11H,4-6H2,1-3H3,(H,15,18). The maximum atomic E-state index is 12.4. The first kappa shape index (κ1) is 13.5. The van der Waals surface area contributed by atoms with Gasteiger partial charge < -0.3 is 10.2 Å². The largest absolute Gasteiger partial charge is 0.344 e. The number of hydrogen-bond donors (Lipinski definition) is 1. The van der Waals surface area contributed by atoms with E-state index in [-0.39, 0.29) is 17.7 Å². The van der Waals surface area contributed by atoms with E-state index in [2.05, 4.69) is 15.4 Å². The van der Waals surface area contributed by atoms with Gasteiger partial charge in [0.1, 0.15) is 18.2 Å². The van der Waals surface area contributed by atoms with Crippen LogP contribution in [0.1, 0.15) is 26.1 Å². The van der Waals surface area contributed by atoms with Crippen LogP contribution < -0.4 is 5.32 Å². The Hall–Kier alpha value is -1.92. The van der Waals surface area contributed by atoms with E-state index in [0.717, 1.165) is 0 Å². The third kappa shape index (κ3) is 2.91. The summed E-state index contributed by atoms with van der Waals surface area (Å²) in [4.78, 5) is 29.8. The summed E-state index contributed by atoms with van der Waals surface area (Å²) in [6.07, 6.45) is 1.79. The Bertz CT molecular complexity index is 482. The molecule has 7 heteroatoms. The number of nitrogens with zero attached hydrogens (tertiary/aromatic N) is 4. The molecule has 1 fully saturated rings. The maximum absolute atomic E-state index is 12.4. The van der Waals surface area contributed by atoms with Gasteiger partial charge in [-0.15, -0.1) is 0 Å².